The Morgan fingerprint density at radius 1 is 1.09 bits per heavy atom. The van der Waals surface area contributed by atoms with Gasteiger partial charge in [-0.2, -0.15) is 0 Å². The molecular formula is C24H28ClN5O4. The van der Waals surface area contributed by atoms with E-state index >= 15 is 0 Å². The summed E-state index contributed by atoms with van der Waals surface area (Å²) < 4.78 is 5.21. The van der Waals surface area contributed by atoms with Gasteiger partial charge < -0.3 is 30.1 Å². The summed E-state index contributed by atoms with van der Waals surface area (Å²) in [5.74, 6) is 0.335. The lowest BCUT2D eigenvalue weighted by molar-refractivity contribution is -0.137. The first kappa shape index (κ1) is 23.7. The number of carbonyl (C=O) groups is 3. The molecule has 2 aromatic rings. The summed E-state index contributed by atoms with van der Waals surface area (Å²) in [6.45, 7) is 3.14. The summed E-state index contributed by atoms with van der Waals surface area (Å²) in [4.78, 5) is 43.9. The summed E-state index contributed by atoms with van der Waals surface area (Å²) in [6, 6.07) is 13.3. The maximum Gasteiger partial charge on any atom is 0.322 e. The van der Waals surface area contributed by atoms with E-state index in [2.05, 4.69) is 15.5 Å². The fraction of sp³-hybridized carbons (Fsp3) is 0.375. The highest BCUT2D eigenvalue weighted by atomic mass is 35.5. The number of hydrogen-bond donors (Lipinski definition) is 2. The van der Waals surface area contributed by atoms with Crippen LogP contribution in [0.2, 0.25) is 5.02 Å². The predicted molar refractivity (Wildman–Crippen MR) is 130 cm³/mol. The number of rotatable bonds is 5. The minimum atomic E-state index is -0.861. The Morgan fingerprint density at radius 2 is 1.82 bits per heavy atom. The van der Waals surface area contributed by atoms with Crippen LogP contribution in [-0.4, -0.2) is 80.1 Å². The van der Waals surface area contributed by atoms with Gasteiger partial charge in [0.1, 0.15) is 11.8 Å². The molecule has 34 heavy (non-hydrogen) atoms. The molecule has 0 saturated carbocycles. The lowest BCUT2D eigenvalue weighted by atomic mass is 10.1. The number of carbonyl (C=O) groups excluding carboxylic acids is 3. The molecule has 0 aromatic heterocycles. The van der Waals surface area contributed by atoms with Crippen molar-refractivity contribution in [2.45, 2.75) is 12.5 Å². The van der Waals surface area contributed by atoms with Gasteiger partial charge in [0.05, 0.1) is 13.5 Å². The van der Waals surface area contributed by atoms with Gasteiger partial charge in [-0.25, -0.2) is 4.79 Å². The number of anilines is 2. The van der Waals surface area contributed by atoms with Gasteiger partial charge in [-0.1, -0.05) is 17.7 Å². The van der Waals surface area contributed by atoms with Crippen LogP contribution < -0.4 is 20.3 Å². The highest BCUT2D eigenvalue weighted by Gasteiger charge is 2.36. The van der Waals surface area contributed by atoms with Crippen molar-refractivity contribution in [2.75, 3.05) is 56.6 Å². The van der Waals surface area contributed by atoms with E-state index in [1.54, 1.807) is 36.3 Å². The first-order valence-electron chi connectivity index (χ1n) is 11.2. The van der Waals surface area contributed by atoms with Crippen molar-refractivity contribution in [1.82, 2.24) is 15.1 Å². The molecule has 9 nitrogen and oxygen atoms in total. The molecule has 180 valence electrons. The van der Waals surface area contributed by atoms with E-state index in [1.165, 1.54) is 4.90 Å². The Kier molecular flexibility index (Phi) is 7.42. The summed E-state index contributed by atoms with van der Waals surface area (Å²) in [5.41, 5.74) is 1.60. The Bertz CT molecular complexity index is 1040. The highest BCUT2D eigenvalue weighted by Crippen LogP contribution is 2.22. The molecular weight excluding hydrogens is 458 g/mol. The molecule has 2 saturated heterocycles. The lowest BCUT2D eigenvalue weighted by Gasteiger charge is -2.38. The van der Waals surface area contributed by atoms with E-state index in [9.17, 15) is 14.4 Å². The van der Waals surface area contributed by atoms with Crippen LogP contribution in [0.4, 0.5) is 16.2 Å². The van der Waals surface area contributed by atoms with Crippen molar-refractivity contribution in [1.29, 1.82) is 0 Å². The van der Waals surface area contributed by atoms with Crippen LogP contribution >= 0.6 is 11.6 Å². The Hall–Kier alpha value is -3.46. The van der Waals surface area contributed by atoms with Gasteiger partial charge >= 0.3 is 6.03 Å². The Balaban J connectivity index is 1.35. The fourth-order valence-electron chi connectivity index (χ4n) is 4.22. The van der Waals surface area contributed by atoms with Gasteiger partial charge in [0.25, 0.3) is 0 Å². The van der Waals surface area contributed by atoms with Crippen LogP contribution in [0, 0.1) is 0 Å². The number of benzene rings is 2. The maximum atomic E-state index is 13.0. The van der Waals surface area contributed by atoms with Gasteiger partial charge in [-0.05, 0) is 42.5 Å². The number of amides is 4. The molecule has 2 N–H and O–H groups in total. The molecule has 2 fully saturated rings. The molecule has 4 amide bonds. The number of methoxy groups -OCH3 is 1. The number of halogens is 1. The monoisotopic (exact) mass is 485 g/mol. The smallest absolute Gasteiger partial charge is 0.322 e. The van der Waals surface area contributed by atoms with Crippen molar-refractivity contribution in [3.05, 3.63) is 53.6 Å². The topological polar surface area (TPSA) is 94.2 Å². The average molecular weight is 486 g/mol. The van der Waals surface area contributed by atoms with E-state index in [1.807, 2.05) is 24.3 Å². The number of piperazine rings is 2. The zero-order valence-electron chi connectivity index (χ0n) is 19.0. The third kappa shape index (κ3) is 5.53. The standard InChI is InChI=1S/C24H28ClN5O4/c1-34-20-7-5-19(6-8-20)28-11-13-29(14-12-28)22(31)16-21-23(32)26-9-10-30(21)24(33)27-18-4-2-3-17(25)15-18/h2-8,15,21H,9-14,16H2,1H3,(H,26,32)(H,27,33). The molecule has 2 heterocycles. The molecule has 0 spiro atoms. The van der Waals surface area contributed by atoms with E-state index in [-0.39, 0.29) is 18.2 Å². The highest BCUT2D eigenvalue weighted by molar-refractivity contribution is 6.30. The molecule has 0 aliphatic carbocycles. The van der Waals surface area contributed by atoms with E-state index in [0.29, 0.717) is 50.0 Å². The molecule has 0 radical (unpaired) electrons. The molecule has 10 heteroatoms. The molecule has 1 unspecified atom stereocenters. The SMILES string of the molecule is COc1ccc(N2CCN(C(=O)CC3C(=O)NCCN3C(=O)Nc3cccc(Cl)c3)CC2)cc1. The fourth-order valence-corrected chi connectivity index (χ4v) is 4.41. The van der Waals surface area contributed by atoms with E-state index < -0.39 is 12.1 Å². The second-order valence-electron chi connectivity index (χ2n) is 8.21. The van der Waals surface area contributed by atoms with Crippen LogP contribution in [0.5, 0.6) is 5.75 Å². The number of urea groups is 1. The van der Waals surface area contributed by atoms with Crippen LogP contribution in [0.1, 0.15) is 6.42 Å². The molecule has 4 rings (SSSR count). The van der Waals surface area contributed by atoms with Crippen LogP contribution in [0.15, 0.2) is 48.5 Å². The maximum absolute atomic E-state index is 13.0. The van der Waals surface area contributed by atoms with Crippen molar-refractivity contribution in [2.24, 2.45) is 0 Å². The number of ether oxygens (including phenoxy) is 1. The lowest BCUT2D eigenvalue weighted by Crippen LogP contribution is -2.60. The van der Waals surface area contributed by atoms with E-state index in [4.69, 9.17) is 16.3 Å². The number of nitrogens with one attached hydrogen (secondary N) is 2. The summed E-state index contributed by atoms with van der Waals surface area (Å²) >= 11 is 6.00. The quantitative estimate of drug-likeness (QED) is 0.678. The average Bonchev–Trinajstić information content (AvgIpc) is 2.85. The minimum absolute atomic E-state index is 0.0582. The van der Waals surface area contributed by atoms with Crippen molar-refractivity contribution < 1.29 is 19.1 Å². The molecule has 2 aliphatic heterocycles. The first-order valence-corrected chi connectivity index (χ1v) is 11.6. The second kappa shape index (κ2) is 10.6. The van der Waals surface area contributed by atoms with Crippen molar-refractivity contribution in [3.63, 3.8) is 0 Å². The van der Waals surface area contributed by atoms with Gasteiger partial charge in [-0.3, -0.25) is 9.59 Å². The molecule has 2 aromatic carbocycles. The van der Waals surface area contributed by atoms with Crippen LogP contribution in [-0.2, 0) is 9.59 Å². The number of hydrogen-bond acceptors (Lipinski definition) is 5. The summed E-state index contributed by atoms with van der Waals surface area (Å²) in [6.07, 6.45) is -0.0582. The van der Waals surface area contributed by atoms with Crippen LogP contribution in [0.25, 0.3) is 0 Å². The zero-order chi connectivity index (χ0) is 24.1. The van der Waals surface area contributed by atoms with E-state index in [0.717, 1.165) is 11.4 Å². The zero-order valence-corrected chi connectivity index (χ0v) is 19.8. The van der Waals surface area contributed by atoms with Gasteiger partial charge in [-0.15, -0.1) is 0 Å². The third-order valence-corrected chi connectivity index (χ3v) is 6.34. The third-order valence-electron chi connectivity index (χ3n) is 6.11. The summed E-state index contributed by atoms with van der Waals surface area (Å²) in [7, 11) is 1.63. The number of nitrogens with zero attached hydrogens (tertiary/aromatic N) is 3. The van der Waals surface area contributed by atoms with Crippen molar-refractivity contribution >= 4 is 40.8 Å². The summed E-state index contributed by atoms with van der Waals surface area (Å²) in [5, 5.41) is 6.03. The Labute approximate surface area is 203 Å². The first-order chi connectivity index (χ1) is 16.4. The predicted octanol–water partition coefficient (Wildman–Crippen LogP) is 2.42. The molecule has 1 atom stereocenters. The molecule has 2 aliphatic rings. The van der Waals surface area contributed by atoms with Crippen molar-refractivity contribution in [3.8, 4) is 5.75 Å². The van der Waals surface area contributed by atoms with Gasteiger partial charge in [0.2, 0.25) is 11.8 Å². The van der Waals surface area contributed by atoms with Gasteiger partial charge in [0.15, 0.2) is 0 Å². The Morgan fingerprint density at radius 3 is 2.50 bits per heavy atom. The minimum Gasteiger partial charge on any atom is -0.497 e. The van der Waals surface area contributed by atoms with Crippen LogP contribution in [0.3, 0.4) is 0 Å². The molecule has 0 bridgehead atoms. The largest absolute Gasteiger partial charge is 0.497 e. The second-order valence-corrected chi connectivity index (χ2v) is 8.65. The normalized spacial score (nSPS) is 18.4. The van der Waals surface area contributed by atoms with Gasteiger partial charge in [0, 0.05) is 55.7 Å².